The van der Waals surface area contributed by atoms with Crippen molar-refractivity contribution in [3.63, 3.8) is 0 Å². The molecule has 54 heavy (non-hydrogen) atoms. The van der Waals surface area contributed by atoms with Crippen molar-refractivity contribution < 1.29 is 0 Å². The van der Waals surface area contributed by atoms with Gasteiger partial charge in [0.2, 0.25) is 0 Å². The smallest absolute Gasteiger partial charge is 0.0540 e. The number of fused-ring (bicyclic) bond motifs is 11. The van der Waals surface area contributed by atoms with E-state index in [2.05, 4.69) is 184 Å². The molecule has 4 aliphatic rings. The number of anilines is 3. The van der Waals surface area contributed by atoms with Crippen molar-refractivity contribution in [3.8, 4) is 44.5 Å². The normalized spacial score (nSPS) is 17.0. The van der Waals surface area contributed by atoms with Gasteiger partial charge in [-0.05, 0) is 109 Å². The molecule has 7 aromatic carbocycles. The van der Waals surface area contributed by atoms with Crippen molar-refractivity contribution in [1.82, 2.24) is 0 Å². The van der Waals surface area contributed by atoms with E-state index >= 15 is 0 Å². The van der Waals surface area contributed by atoms with Gasteiger partial charge >= 0.3 is 0 Å². The van der Waals surface area contributed by atoms with Gasteiger partial charge in [0.1, 0.15) is 0 Å². The molecule has 0 aromatic heterocycles. The third-order valence-electron chi connectivity index (χ3n) is 13.8. The highest BCUT2D eigenvalue weighted by atomic mass is 15.1. The second-order valence-electron chi connectivity index (χ2n) is 17.2. The first-order valence-corrected chi connectivity index (χ1v) is 19.9. The molecule has 0 radical (unpaired) electrons. The number of para-hydroxylation sites is 1. The number of benzene rings is 7. The summed E-state index contributed by atoms with van der Waals surface area (Å²) < 4.78 is 0. The van der Waals surface area contributed by atoms with Gasteiger partial charge in [0, 0.05) is 27.5 Å². The van der Waals surface area contributed by atoms with Crippen LogP contribution in [0.2, 0.25) is 0 Å². The Labute approximate surface area is 320 Å². The second-order valence-corrected chi connectivity index (χ2v) is 17.2. The molecule has 7 aromatic rings. The molecule has 0 amide bonds. The summed E-state index contributed by atoms with van der Waals surface area (Å²) >= 11 is 0. The molecule has 1 fully saturated rings. The van der Waals surface area contributed by atoms with Crippen molar-refractivity contribution in [2.75, 3.05) is 4.90 Å². The van der Waals surface area contributed by atoms with E-state index in [1.807, 2.05) is 0 Å². The van der Waals surface area contributed by atoms with Crippen LogP contribution in [0.3, 0.4) is 0 Å². The van der Waals surface area contributed by atoms with Crippen LogP contribution in [0, 0.1) is 0 Å². The number of rotatable bonds is 4. The minimum absolute atomic E-state index is 0.0732. The molecule has 1 saturated carbocycles. The van der Waals surface area contributed by atoms with Crippen LogP contribution < -0.4 is 4.90 Å². The van der Waals surface area contributed by atoms with Crippen molar-refractivity contribution in [2.24, 2.45) is 0 Å². The Balaban J connectivity index is 1.20. The zero-order valence-corrected chi connectivity index (χ0v) is 31.7. The average Bonchev–Trinajstić information content (AvgIpc) is 3.93. The van der Waals surface area contributed by atoms with Crippen LogP contribution in [0.1, 0.15) is 86.8 Å². The predicted molar refractivity (Wildman–Crippen MR) is 226 cm³/mol. The Kier molecular flexibility index (Phi) is 6.59. The Morgan fingerprint density at radius 2 is 0.907 bits per heavy atom. The average molecular weight is 696 g/mol. The molecule has 1 spiro atoms. The van der Waals surface area contributed by atoms with Crippen LogP contribution >= 0.6 is 0 Å². The summed E-state index contributed by atoms with van der Waals surface area (Å²) in [5.41, 5.74) is 22.9. The first-order chi connectivity index (χ1) is 26.3. The lowest BCUT2D eigenvalue weighted by Gasteiger charge is -2.34. The van der Waals surface area contributed by atoms with Gasteiger partial charge in [-0.1, -0.05) is 168 Å². The van der Waals surface area contributed by atoms with Crippen molar-refractivity contribution in [2.45, 2.75) is 69.6 Å². The van der Waals surface area contributed by atoms with Crippen LogP contribution in [-0.2, 0) is 16.2 Å². The fourth-order valence-corrected chi connectivity index (χ4v) is 11.4. The fourth-order valence-electron chi connectivity index (χ4n) is 11.4. The minimum atomic E-state index is -0.177. The van der Waals surface area contributed by atoms with E-state index in [4.69, 9.17) is 0 Å². The van der Waals surface area contributed by atoms with Gasteiger partial charge in [0.25, 0.3) is 0 Å². The Bertz CT molecular complexity index is 2680. The van der Waals surface area contributed by atoms with Gasteiger partial charge in [-0.3, -0.25) is 0 Å². The van der Waals surface area contributed by atoms with E-state index in [9.17, 15) is 0 Å². The van der Waals surface area contributed by atoms with E-state index in [1.54, 1.807) is 0 Å². The maximum Gasteiger partial charge on any atom is 0.0540 e. The highest BCUT2D eigenvalue weighted by molar-refractivity contribution is 6.00. The zero-order valence-electron chi connectivity index (χ0n) is 31.7. The lowest BCUT2D eigenvalue weighted by Crippen LogP contribution is -2.22. The summed E-state index contributed by atoms with van der Waals surface area (Å²) in [6.07, 6.45) is 5.06. The van der Waals surface area contributed by atoms with Crippen LogP contribution in [0.5, 0.6) is 0 Å². The van der Waals surface area contributed by atoms with Gasteiger partial charge in [-0.2, -0.15) is 0 Å². The molecule has 0 atom stereocenters. The summed E-state index contributed by atoms with van der Waals surface area (Å²) in [6.45, 7) is 9.59. The molecular formula is C53H45N. The molecular weight excluding hydrogens is 651 g/mol. The standard InChI is InChI=1S/C53H45N/c1-51(2)43-24-10-7-20-40(43)49-38(21-15-26-46(49)51)37-19-8-12-27-47(37)54(48-28-16-22-39-35-17-5-9-23-42(35)52(3,4)50(39)48)34-29-30-45-41(33-34)36-18-6-11-25-44(36)53(45)31-13-14-32-53/h5-12,15-30,33H,13-14,31-32H2,1-4H3. The molecule has 1 nitrogen and oxygen atoms in total. The molecule has 262 valence electrons. The summed E-state index contributed by atoms with van der Waals surface area (Å²) in [6, 6.07) is 57.9. The monoisotopic (exact) mass is 695 g/mol. The molecule has 0 saturated heterocycles. The highest BCUT2D eigenvalue weighted by Gasteiger charge is 2.46. The number of nitrogens with zero attached hydrogens (tertiary/aromatic N) is 1. The fraction of sp³-hybridized carbons (Fsp3) is 0.208. The van der Waals surface area contributed by atoms with Gasteiger partial charge in [0.15, 0.2) is 0 Å². The molecule has 0 unspecified atom stereocenters. The molecule has 1 heteroatoms. The van der Waals surface area contributed by atoms with E-state index < -0.39 is 0 Å². The van der Waals surface area contributed by atoms with Crippen molar-refractivity contribution in [1.29, 1.82) is 0 Å². The van der Waals surface area contributed by atoms with E-state index in [0.29, 0.717) is 0 Å². The Morgan fingerprint density at radius 3 is 1.67 bits per heavy atom. The first kappa shape index (κ1) is 31.8. The second kappa shape index (κ2) is 11.2. The zero-order chi connectivity index (χ0) is 36.4. The molecule has 0 heterocycles. The summed E-state index contributed by atoms with van der Waals surface area (Å²) in [5, 5.41) is 0. The highest BCUT2D eigenvalue weighted by Crippen LogP contribution is 2.60. The lowest BCUT2D eigenvalue weighted by molar-refractivity contribution is 0.550. The quantitative estimate of drug-likeness (QED) is 0.177. The Hall–Kier alpha value is -5.66. The van der Waals surface area contributed by atoms with Crippen molar-refractivity contribution in [3.05, 3.63) is 185 Å². The molecule has 0 bridgehead atoms. The van der Waals surface area contributed by atoms with Gasteiger partial charge in [0.05, 0.1) is 11.4 Å². The molecule has 11 rings (SSSR count). The SMILES string of the molecule is CC1(C)c2ccccc2-c2c(-c3ccccc3N(c3ccc4c(c3)-c3ccccc3C43CCCC3)c3cccc4c3C(C)(C)c3ccccc3-4)cccc21. The van der Waals surface area contributed by atoms with Gasteiger partial charge in [-0.25, -0.2) is 0 Å². The molecule has 0 aliphatic heterocycles. The van der Waals surface area contributed by atoms with Crippen LogP contribution in [0.25, 0.3) is 44.5 Å². The van der Waals surface area contributed by atoms with Crippen LogP contribution in [0.4, 0.5) is 17.1 Å². The number of hydrogen-bond donors (Lipinski definition) is 0. The summed E-state index contributed by atoms with van der Waals surface area (Å²) in [4.78, 5) is 2.61. The summed E-state index contributed by atoms with van der Waals surface area (Å²) in [5.74, 6) is 0. The van der Waals surface area contributed by atoms with Gasteiger partial charge < -0.3 is 4.90 Å². The van der Waals surface area contributed by atoms with E-state index in [0.717, 1.165) is 0 Å². The molecule has 4 aliphatic carbocycles. The van der Waals surface area contributed by atoms with Gasteiger partial charge in [-0.15, -0.1) is 0 Å². The first-order valence-electron chi connectivity index (χ1n) is 19.9. The maximum atomic E-state index is 2.61. The topological polar surface area (TPSA) is 3.24 Å². The third kappa shape index (κ3) is 4.10. The predicted octanol–water partition coefficient (Wildman–Crippen LogP) is 14.3. The number of hydrogen-bond acceptors (Lipinski definition) is 1. The van der Waals surface area contributed by atoms with Crippen LogP contribution in [0.15, 0.2) is 152 Å². The third-order valence-corrected chi connectivity index (χ3v) is 13.8. The largest absolute Gasteiger partial charge is 0.310 e. The van der Waals surface area contributed by atoms with Crippen molar-refractivity contribution >= 4 is 17.1 Å². The Morgan fingerprint density at radius 1 is 0.389 bits per heavy atom. The minimum Gasteiger partial charge on any atom is -0.310 e. The maximum absolute atomic E-state index is 2.61. The summed E-state index contributed by atoms with van der Waals surface area (Å²) in [7, 11) is 0. The van der Waals surface area contributed by atoms with E-state index in [-0.39, 0.29) is 16.2 Å². The van der Waals surface area contributed by atoms with Crippen LogP contribution in [-0.4, -0.2) is 0 Å². The molecule has 0 N–H and O–H groups in total. The van der Waals surface area contributed by atoms with E-state index in [1.165, 1.54) is 121 Å². The lowest BCUT2D eigenvalue weighted by atomic mass is 9.77.